The summed E-state index contributed by atoms with van der Waals surface area (Å²) in [6, 6.07) is 0.329. The van der Waals surface area contributed by atoms with E-state index < -0.39 is 0 Å². The number of hydrogen-bond acceptors (Lipinski definition) is 3. The molecule has 3 heteroatoms. The zero-order chi connectivity index (χ0) is 7.98. The molecule has 0 unspecified atom stereocenters. The second-order valence-electron chi connectivity index (χ2n) is 2.20. The van der Waals surface area contributed by atoms with Crippen LogP contribution in [-0.2, 0) is 4.79 Å². The molecule has 10 heavy (non-hydrogen) atoms. The van der Waals surface area contributed by atoms with Crippen LogP contribution in [0.25, 0.3) is 0 Å². The van der Waals surface area contributed by atoms with Gasteiger partial charge in [0.2, 0.25) is 0 Å². The minimum absolute atomic E-state index is 0.298. The number of ketones is 1. The van der Waals surface area contributed by atoms with Gasteiger partial charge in [0.25, 0.3) is 0 Å². The van der Waals surface area contributed by atoms with E-state index in [-0.39, 0.29) is 5.78 Å². The third-order valence-corrected chi connectivity index (χ3v) is 0.819. The number of rotatable bonds is 4. The first kappa shape index (κ1) is 8.88. The Morgan fingerprint density at radius 2 is 2.20 bits per heavy atom. The van der Waals surface area contributed by atoms with E-state index in [9.17, 15) is 4.79 Å². The highest BCUT2D eigenvalue weighted by Gasteiger charge is 1.87. The van der Waals surface area contributed by atoms with E-state index in [4.69, 9.17) is 5.41 Å². The number of allylic oxidation sites excluding steroid dienone is 1. The quantitative estimate of drug-likeness (QED) is 0.446. The maximum Gasteiger partial charge on any atom is 0.197 e. The van der Waals surface area contributed by atoms with Crippen molar-refractivity contribution >= 4 is 12.0 Å². The van der Waals surface area contributed by atoms with Crippen molar-refractivity contribution < 1.29 is 4.79 Å². The van der Waals surface area contributed by atoms with Crippen molar-refractivity contribution in [1.82, 2.24) is 5.32 Å². The van der Waals surface area contributed by atoms with Crippen LogP contribution in [0, 0.1) is 5.41 Å². The van der Waals surface area contributed by atoms with E-state index in [1.54, 1.807) is 6.20 Å². The van der Waals surface area contributed by atoms with Crippen molar-refractivity contribution in [1.29, 1.82) is 5.41 Å². The summed E-state index contributed by atoms with van der Waals surface area (Å²) in [5.74, 6) is -0.298. The summed E-state index contributed by atoms with van der Waals surface area (Å²) in [5.41, 5.74) is 0. The van der Waals surface area contributed by atoms with Crippen LogP contribution < -0.4 is 5.32 Å². The molecule has 0 aromatic heterocycles. The molecule has 0 rings (SSSR count). The molecule has 0 fully saturated rings. The second-order valence-corrected chi connectivity index (χ2v) is 2.20. The Labute approximate surface area is 60.6 Å². The minimum atomic E-state index is -0.298. The van der Waals surface area contributed by atoms with Crippen LogP contribution >= 0.6 is 0 Å². The highest BCUT2D eigenvalue weighted by Crippen LogP contribution is 1.76. The van der Waals surface area contributed by atoms with Crippen LogP contribution in [-0.4, -0.2) is 18.0 Å². The van der Waals surface area contributed by atoms with Gasteiger partial charge in [-0.25, -0.2) is 0 Å². The zero-order valence-electron chi connectivity index (χ0n) is 6.22. The fourth-order valence-corrected chi connectivity index (χ4v) is 0.371. The number of carbonyl (C=O) groups is 1. The van der Waals surface area contributed by atoms with Gasteiger partial charge in [0.15, 0.2) is 5.78 Å². The van der Waals surface area contributed by atoms with Gasteiger partial charge < -0.3 is 10.7 Å². The largest absolute Gasteiger partial charge is 0.389 e. The third kappa shape index (κ3) is 5.03. The van der Waals surface area contributed by atoms with Crippen LogP contribution in [0.2, 0.25) is 0 Å². The summed E-state index contributed by atoms with van der Waals surface area (Å²) < 4.78 is 0. The first-order valence-corrected chi connectivity index (χ1v) is 3.14. The second kappa shape index (κ2) is 4.73. The van der Waals surface area contributed by atoms with Crippen molar-refractivity contribution in [3.05, 3.63) is 12.3 Å². The molecule has 0 aromatic rings. The van der Waals surface area contributed by atoms with Crippen LogP contribution in [0.3, 0.4) is 0 Å². The van der Waals surface area contributed by atoms with Gasteiger partial charge in [-0.05, 0) is 13.8 Å². The lowest BCUT2D eigenvalue weighted by atomic mass is 10.4. The summed E-state index contributed by atoms with van der Waals surface area (Å²) in [6.45, 7) is 3.94. The Balaban J connectivity index is 3.55. The monoisotopic (exact) mass is 140 g/mol. The summed E-state index contributed by atoms with van der Waals surface area (Å²) in [4.78, 5) is 10.4. The molecular weight excluding hydrogens is 128 g/mol. The lowest BCUT2D eigenvalue weighted by molar-refractivity contribution is -0.108. The first-order chi connectivity index (χ1) is 4.66. The molecule has 0 aromatic carbocycles. The van der Waals surface area contributed by atoms with Gasteiger partial charge in [-0.1, -0.05) is 0 Å². The number of carbonyl (C=O) groups excluding carboxylic acids is 1. The molecule has 0 amide bonds. The summed E-state index contributed by atoms with van der Waals surface area (Å²) >= 11 is 0. The molecule has 56 valence electrons. The molecule has 0 aliphatic rings. The summed E-state index contributed by atoms with van der Waals surface area (Å²) in [6.07, 6.45) is 3.66. The Kier molecular flexibility index (Phi) is 4.20. The normalized spacial score (nSPS) is 10.3. The van der Waals surface area contributed by atoms with Crippen molar-refractivity contribution in [2.75, 3.05) is 0 Å². The maximum absolute atomic E-state index is 10.4. The Bertz CT molecular complexity index is 150. The standard InChI is InChI=1S/C7H12N2O/c1-6(2)9-4-3-7(10)5-8/h3-6,8-9H,1-2H3/b4-3-,8-5?. The highest BCUT2D eigenvalue weighted by molar-refractivity contribution is 6.31. The minimum Gasteiger partial charge on any atom is -0.389 e. The summed E-state index contributed by atoms with van der Waals surface area (Å²) in [5, 5.41) is 9.45. The van der Waals surface area contributed by atoms with Gasteiger partial charge >= 0.3 is 0 Å². The Hall–Kier alpha value is -1.12. The van der Waals surface area contributed by atoms with Gasteiger partial charge in [0.05, 0.1) is 6.21 Å². The van der Waals surface area contributed by atoms with Crippen LogP contribution in [0.5, 0.6) is 0 Å². The van der Waals surface area contributed by atoms with Crippen molar-refractivity contribution in [3.8, 4) is 0 Å². The van der Waals surface area contributed by atoms with E-state index in [0.29, 0.717) is 6.04 Å². The number of hydrogen-bond donors (Lipinski definition) is 2. The lowest BCUT2D eigenvalue weighted by Gasteiger charge is -2.00. The molecule has 0 atom stereocenters. The van der Waals surface area contributed by atoms with E-state index in [1.165, 1.54) is 6.08 Å². The van der Waals surface area contributed by atoms with Gasteiger partial charge in [-0.3, -0.25) is 4.79 Å². The van der Waals surface area contributed by atoms with Gasteiger partial charge in [0.1, 0.15) is 0 Å². The summed E-state index contributed by atoms with van der Waals surface area (Å²) in [7, 11) is 0. The van der Waals surface area contributed by atoms with Crippen LogP contribution in [0.1, 0.15) is 13.8 Å². The predicted octanol–water partition coefficient (Wildman–Crippen LogP) is 0.717. The Morgan fingerprint density at radius 1 is 1.60 bits per heavy atom. The van der Waals surface area contributed by atoms with Crippen molar-refractivity contribution in [3.63, 3.8) is 0 Å². The zero-order valence-corrected chi connectivity index (χ0v) is 6.22. The van der Waals surface area contributed by atoms with Gasteiger partial charge in [-0.15, -0.1) is 0 Å². The molecule has 0 radical (unpaired) electrons. The van der Waals surface area contributed by atoms with E-state index in [2.05, 4.69) is 5.32 Å². The highest BCUT2D eigenvalue weighted by atomic mass is 16.1. The third-order valence-electron chi connectivity index (χ3n) is 0.819. The van der Waals surface area contributed by atoms with Crippen LogP contribution in [0.15, 0.2) is 12.3 Å². The lowest BCUT2D eigenvalue weighted by Crippen LogP contribution is -2.15. The van der Waals surface area contributed by atoms with Gasteiger partial charge in [-0.2, -0.15) is 0 Å². The number of nitrogens with one attached hydrogen (secondary N) is 2. The molecule has 0 saturated heterocycles. The van der Waals surface area contributed by atoms with Crippen molar-refractivity contribution in [2.24, 2.45) is 0 Å². The molecule has 0 bridgehead atoms. The molecule has 3 nitrogen and oxygen atoms in total. The smallest absolute Gasteiger partial charge is 0.197 e. The Morgan fingerprint density at radius 3 is 2.60 bits per heavy atom. The van der Waals surface area contributed by atoms with Crippen molar-refractivity contribution in [2.45, 2.75) is 19.9 Å². The molecule has 0 spiro atoms. The fourth-order valence-electron chi connectivity index (χ4n) is 0.371. The maximum atomic E-state index is 10.4. The molecule has 2 N–H and O–H groups in total. The average molecular weight is 140 g/mol. The molecular formula is C7H12N2O. The SMILES string of the molecule is CC(C)N/C=C\C(=O)C=N. The molecule has 0 saturated carbocycles. The van der Waals surface area contributed by atoms with Gasteiger partial charge in [0, 0.05) is 18.3 Å². The van der Waals surface area contributed by atoms with E-state index in [1.807, 2.05) is 13.8 Å². The average Bonchev–Trinajstić information content (AvgIpc) is 1.87. The van der Waals surface area contributed by atoms with E-state index >= 15 is 0 Å². The molecule has 0 aliphatic carbocycles. The molecule has 0 aliphatic heterocycles. The van der Waals surface area contributed by atoms with Crippen LogP contribution in [0.4, 0.5) is 0 Å². The van der Waals surface area contributed by atoms with E-state index in [0.717, 1.165) is 6.21 Å². The first-order valence-electron chi connectivity index (χ1n) is 3.14. The molecule has 0 heterocycles. The fraction of sp³-hybridized carbons (Fsp3) is 0.429. The predicted molar refractivity (Wildman–Crippen MR) is 41.2 cm³/mol. The topological polar surface area (TPSA) is 53.0 Å².